The number of carbonyl (C=O) groups is 3. The monoisotopic (exact) mass is 420 g/mol. The van der Waals surface area contributed by atoms with Crippen LogP contribution in [0.1, 0.15) is 30.6 Å². The van der Waals surface area contributed by atoms with Crippen molar-refractivity contribution in [2.75, 3.05) is 10.6 Å². The lowest BCUT2D eigenvalue weighted by molar-refractivity contribution is -0.115. The number of rotatable bonds is 6. The lowest BCUT2D eigenvalue weighted by Gasteiger charge is -2.08. The third-order valence-electron chi connectivity index (χ3n) is 3.43. The second kappa shape index (κ2) is 9.87. The predicted molar refractivity (Wildman–Crippen MR) is 111 cm³/mol. The Morgan fingerprint density at radius 1 is 0.964 bits per heavy atom. The van der Waals surface area contributed by atoms with Crippen LogP contribution in [-0.4, -0.2) is 23.4 Å². The maximum Gasteiger partial charge on any atom is 0.271 e. The molecule has 0 fully saturated rings. The van der Waals surface area contributed by atoms with Crippen LogP contribution >= 0.6 is 23.2 Å². The van der Waals surface area contributed by atoms with Crippen molar-refractivity contribution in [1.82, 2.24) is 5.43 Å². The molecular weight excluding hydrogens is 403 g/mol. The number of nitrogens with one attached hydrogen (secondary N) is 3. The highest BCUT2D eigenvalue weighted by Gasteiger charge is 2.09. The third-order valence-corrected chi connectivity index (χ3v) is 4.00. The number of hydrazone groups is 1. The summed E-state index contributed by atoms with van der Waals surface area (Å²) in [6, 6.07) is 11.1. The van der Waals surface area contributed by atoms with E-state index in [9.17, 15) is 14.4 Å². The van der Waals surface area contributed by atoms with E-state index in [1.165, 1.54) is 6.92 Å². The molecule has 0 radical (unpaired) electrons. The highest BCUT2D eigenvalue weighted by Crippen LogP contribution is 2.25. The molecule has 0 saturated heterocycles. The average Bonchev–Trinajstić information content (AvgIpc) is 2.63. The van der Waals surface area contributed by atoms with Crippen molar-refractivity contribution in [1.29, 1.82) is 0 Å². The zero-order valence-electron chi connectivity index (χ0n) is 15.2. The lowest BCUT2D eigenvalue weighted by Crippen LogP contribution is -2.21. The number of halogens is 2. The van der Waals surface area contributed by atoms with Crippen LogP contribution in [0, 0.1) is 0 Å². The molecule has 0 aliphatic heterocycles. The molecule has 0 aromatic heterocycles. The van der Waals surface area contributed by atoms with Crippen LogP contribution in [0.5, 0.6) is 0 Å². The van der Waals surface area contributed by atoms with Gasteiger partial charge in [-0.1, -0.05) is 23.2 Å². The van der Waals surface area contributed by atoms with Gasteiger partial charge < -0.3 is 10.6 Å². The summed E-state index contributed by atoms with van der Waals surface area (Å²) in [5.41, 5.74) is 4.13. The topological polar surface area (TPSA) is 99.7 Å². The fourth-order valence-electron chi connectivity index (χ4n) is 2.18. The molecule has 0 unspecified atom stereocenters. The van der Waals surface area contributed by atoms with Crippen LogP contribution in [0.3, 0.4) is 0 Å². The van der Waals surface area contributed by atoms with Gasteiger partial charge in [-0.2, -0.15) is 5.10 Å². The number of benzene rings is 2. The van der Waals surface area contributed by atoms with Gasteiger partial charge in [0.15, 0.2) is 0 Å². The Morgan fingerprint density at radius 2 is 1.64 bits per heavy atom. The first-order chi connectivity index (χ1) is 13.2. The summed E-state index contributed by atoms with van der Waals surface area (Å²) in [6.07, 6.45) is -0.0371. The summed E-state index contributed by atoms with van der Waals surface area (Å²) < 4.78 is 0. The molecule has 2 aromatic carbocycles. The average molecular weight is 421 g/mol. The summed E-state index contributed by atoms with van der Waals surface area (Å²) in [5, 5.41) is 9.98. The van der Waals surface area contributed by atoms with Crippen molar-refractivity contribution < 1.29 is 14.4 Å². The van der Waals surface area contributed by atoms with Crippen LogP contribution < -0.4 is 16.1 Å². The van der Waals surface area contributed by atoms with Crippen LogP contribution in [0.2, 0.25) is 10.0 Å². The predicted octanol–water partition coefficient (Wildman–Crippen LogP) is 4.09. The van der Waals surface area contributed by atoms with E-state index >= 15 is 0 Å². The second-order valence-electron chi connectivity index (χ2n) is 5.90. The standard InChI is InChI=1S/C19H18Cl2N4O3/c1-11(9-18(27)23-17-10-14(20)5-8-16(17)21)24-25-19(28)13-3-6-15(7-4-13)22-12(2)26/h3-8,10H,9H2,1-2H3,(H,22,26)(H,23,27)(H,25,28). The van der Waals surface area contributed by atoms with Crippen LogP contribution in [0.25, 0.3) is 0 Å². The Balaban J connectivity index is 1.90. The molecule has 28 heavy (non-hydrogen) atoms. The summed E-state index contributed by atoms with van der Waals surface area (Å²) in [4.78, 5) is 35.2. The van der Waals surface area contributed by atoms with Crippen molar-refractivity contribution in [2.24, 2.45) is 5.10 Å². The number of amides is 3. The minimum absolute atomic E-state index is 0.0371. The molecule has 7 nitrogen and oxygen atoms in total. The number of nitrogens with zero attached hydrogens (tertiary/aromatic N) is 1. The maximum absolute atomic E-state index is 12.1. The number of anilines is 2. The lowest BCUT2D eigenvalue weighted by atomic mass is 10.2. The minimum atomic E-state index is -0.438. The highest BCUT2D eigenvalue weighted by molar-refractivity contribution is 6.35. The van der Waals surface area contributed by atoms with E-state index in [1.807, 2.05) is 0 Å². The molecule has 2 rings (SSSR count). The summed E-state index contributed by atoms with van der Waals surface area (Å²) >= 11 is 11.9. The van der Waals surface area contributed by atoms with Crippen molar-refractivity contribution in [3.05, 3.63) is 58.1 Å². The molecule has 0 bridgehead atoms. The van der Waals surface area contributed by atoms with Gasteiger partial charge in [0.1, 0.15) is 0 Å². The van der Waals surface area contributed by atoms with Crippen molar-refractivity contribution in [3.8, 4) is 0 Å². The van der Waals surface area contributed by atoms with Crippen molar-refractivity contribution in [2.45, 2.75) is 20.3 Å². The van der Waals surface area contributed by atoms with E-state index in [2.05, 4.69) is 21.2 Å². The molecule has 3 N–H and O–H groups in total. The van der Waals surface area contributed by atoms with Gasteiger partial charge in [-0.25, -0.2) is 5.43 Å². The van der Waals surface area contributed by atoms with E-state index < -0.39 is 5.91 Å². The van der Waals surface area contributed by atoms with E-state index in [4.69, 9.17) is 23.2 Å². The van der Waals surface area contributed by atoms with Gasteiger partial charge in [0.25, 0.3) is 5.91 Å². The first-order valence-electron chi connectivity index (χ1n) is 8.20. The molecule has 0 atom stereocenters. The minimum Gasteiger partial charge on any atom is -0.326 e. The van der Waals surface area contributed by atoms with Gasteiger partial charge in [-0.05, 0) is 49.4 Å². The van der Waals surface area contributed by atoms with E-state index in [0.717, 1.165) is 0 Å². The Morgan fingerprint density at radius 3 is 2.29 bits per heavy atom. The Hall–Kier alpha value is -2.90. The number of hydrogen-bond donors (Lipinski definition) is 3. The van der Waals surface area contributed by atoms with E-state index in [-0.39, 0.29) is 18.2 Å². The van der Waals surface area contributed by atoms with Gasteiger partial charge >= 0.3 is 0 Å². The molecule has 0 saturated carbocycles. The van der Waals surface area contributed by atoms with E-state index in [0.29, 0.717) is 32.7 Å². The van der Waals surface area contributed by atoms with Crippen molar-refractivity contribution >= 4 is 58.0 Å². The van der Waals surface area contributed by atoms with Gasteiger partial charge in [0, 0.05) is 28.9 Å². The molecular formula is C19H18Cl2N4O3. The molecule has 0 heterocycles. The van der Waals surface area contributed by atoms with Gasteiger partial charge in [0.05, 0.1) is 17.1 Å². The smallest absolute Gasteiger partial charge is 0.271 e. The fraction of sp³-hybridized carbons (Fsp3) is 0.158. The first kappa shape index (κ1) is 21.4. The maximum atomic E-state index is 12.1. The molecule has 2 aromatic rings. The zero-order chi connectivity index (χ0) is 20.7. The quantitative estimate of drug-likeness (QED) is 0.484. The Bertz CT molecular complexity index is 927. The van der Waals surface area contributed by atoms with Crippen LogP contribution in [-0.2, 0) is 9.59 Å². The van der Waals surface area contributed by atoms with Crippen LogP contribution in [0.4, 0.5) is 11.4 Å². The van der Waals surface area contributed by atoms with Crippen molar-refractivity contribution in [3.63, 3.8) is 0 Å². The second-order valence-corrected chi connectivity index (χ2v) is 6.74. The fourth-order valence-corrected chi connectivity index (χ4v) is 2.52. The molecule has 0 spiro atoms. The molecule has 0 aliphatic carbocycles. The zero-order valence-corrected chi connectivity index (χ0v) is 16.7. The molecule has 9 heteroatoms. The molecule has 0 aliphatic rings. The normalized spacial score (nSPS) is 10.9. The summed E-state index contributed by atoms with van der Waals surface area (Å²) in [5.74, 6) is -0.985. The SMILES string of the molecule is CC(=O)Nc1ccc(C(=O)NN=C(C)CC(=O)Nc2cc(Cl)ccc2Cl)cc1. The van der Waals surface area contributed by atoms with Gasteiger partial charge in [0.2, 0.25) is 11.8 Å². The van der Waals surface area contributed by atoms with E-state index in [1.54, 1.807) is 49.4 Å². The van der Waals surface area contributed by atoms with Gasteiger partial charge in [-0.15, -0.1) is 0 Å². The largest absolute Gasteiger partial charge is 0.326 e. The summed E-state index contributed by atoms with van der Waals surface area (Å²) in [7, 11) is 0. The first-order valence-corrected chi connectivity index (χ1v) is 8.96. The Labute approximate surface area is 172 Å². The highest BCUT2D eigenvalue weighted by atomic mass is 35.5. The third kappa shape index (κ3) is 6.68. The number of carbonyl (C=O) groups excluding carboxylic acids is 3. The van der Waals surface area contributed by atoms with Crippen LogP contribution in [0.15, 0.2) is 47.6 Å². The number of hydrogen-bond acceptors (Lipinski definition) is 4. The van der Waals surface area contributed by atoms with Gasteiger partial charge in [-0.3, -0.25) is 14.4 Å². The molecule has 146 valence electrons. The molecule has 3 amide bonds. The summed E-state index contributed by atoms with van der Waals surface area (Å²) in [6.45, 7) is 3.01. The Kier molecular flexibility index (Phi) is 7.54.